The molecule has 0 bridgehead atoms. The highest BCUT2D eigenvalue weighted by atomic mass is 32.2. The number of hydrogen-bond acceptors (Lipinski definition) is 6. The first-order valence-corrected chi connectivity index (χ1v) is 8.06. The minimum Gasteiger partial charge on any atom is -0.362 e. The van der Waals surface area contributed by atoms with E-state index in [1.165, 1.54) is 32.7 Å². The van der Waals surface area contributed by atoms with Crippen molar-refractivity contribution in [1.29, 1.82) is 0 Å². The maximum absolute atomic E-state index is 12.1. The summed E-state index contributed by atoms with van der Waals surface area (Å²) >= 11 is 0. The number of nitrogens with zero attached hydrogens (tertiary/aromatic N) is 4. The van der Waals surface area contributed by atoms with Crippen molar-refractivity contribution >= 4 is 15.9 Å². The minimum absolute atomic E-state index is 0.00894. The molecule has 1 aliphatic heterocycles. The average Bonchev–Trinajstić information content (AvgIpc) is 3.12. The molecule has 2 aromatic rings. The van der Waals surface area contributed by atoms with Crippen LogP contribution in [0.25, 0.3) is 0 Å². The molecule has 0 fully saturated rings. The molecule has 3 rings (SSSR count). The fraction of sp³-hybridized carbons (Fsp3) is 0.308. The Hall–Kier alpha value is -2.30. The summed E-state index contributed by atoms with van der Waals surface area (Å²) in [5.41, 5.74) is 1.50. The molecular formula is C13H14N4O5S. The van der Waals surface area contributed by atoms with Gasteiger partial charge in [0, 0.05) is 26.4 Å². The van der Waals surface area contributed by atoms with E-state index in [-0.39, 0.29) is 12.3 Å². The lowest BCUT2D eigenvalue weighted by molar-refractivity contribution is -0.385. The van der Waals surface area contributed by atoms with Crippen molar-refractivity contribution in [2.45, 2.75) is 12.7 Å². The topological polar surface area (TPSA) is 108 Å². The summed E-state index contributed by atoms with van der Waals surface area (Å²) in [7, 11) is -0.828. The van der Waals surface area contributed by atoms with Crippen molar-refractivity contribution in [2.24, 2.45) is 0 Å². The molecule has 0 spiro atoms. The second-order valence-electron chi connectivity index (χ2n) is 5.21. The van der Waals surface area contributed by atoms with Gasteiger partial charge in [0.2, 0.25) is 0 Å². The molecule has 122 valence electrons. The van der Waals surface area contributed by atoms with E-state index in [1.54, 1.807) is 12.1 Å². The first-order chi connectivity index (χ1) is 10.8. The summed E-state index contributed by atoms with van der Waals surface area (Å²) in [5.74, 6) is 0. The van der Waals surface area contributed by atoms with Crippen molar-refractivity contribution in [3.05, 3.63) is 57.7 Å². The van der Waals surface area contributed by atoms with Crippen LogP contribution in [0.15, 0.2) is 30.7 Å². The number of nitro groups is 1. The van der Waals surface area contributed by atoms with Gasteiger partial charge in [0.1, 0.15) is 12.4 Å². The molecule has 2 heterocycles. The first-order valence-electron chi connectivity index (χ1n) is 6.67. The number of aromatic nitrogens is 2. The van der Waals surface area contributed by atoms with Crippen LogP contribution in [0.5, 0.6) is 0 Å². The SMILES string of the molecule is CN(C)S(=O)(=O)n1cnc(C2OCc3c2cccc3[N+](=O)[O-])c1. The van der Waals surface area contributed by atoms with Crippen LogP contribution in [0, 0.1) is 10.1 Å². The standard InChI is InChI=1S/C13H14N4O5S/c1-15(2)23(20,21)16-6-11(14-8-16)13-9-4-3-5-12(17(18)19)10(9)7-22-13/h3-6,8,13H,7H2,1-2H3. The number of nitro benzene ring substituents is 1. The molecule has 0 saturated carbocycles. The van der Waals surface area contributed by atoms with Gasteiger partial charge in [-0.15, -0.1) is 0 Å². The fourth-order valence-corrected chi connectivity index (χ4v) is 3.22. The molecule has 0 N–H and O–H groups in total. The van der Waals surface area contributed by atoms with Gasteiger partial charge < -0.3 is 4.74 Å². The van der Waals surface area contributed by atoms with Gasteiger partial charge in [0.05, 0.1) is 22.8 Å². The predicted octanol–water partition coefficient (Wildman–Crippen LogP) is 1.07. The highest BCUT2D eigenvalue weighted by molar-refractivity contribution is 7.87. The van der Waals surface area contributed by atoms with Crippen LogP contribution >= 0.6 is 0 Å². The summed E-state index contributed by atoms with van der Waals surface area (Å²) in [6.45, 7) is 0.0877. The molecule has 10 heteroatoms. The highest BCUT2D eigenvalue weighted by Gasteiger charge is 2.32. The summed E-state index contributed by atoms with van der Waals surface area (Å²) in [5, 5.41) is 11.1. The monoisotopic (exact) mass is 338 g/mol. The number of imidazole rings is 1. The van der Waals surface area contributed by atoms with E-state index < -0.39 is 21.2 Å². The summed E-state index contributed by atoms with van der Waals surface area (Å²) in [6, 6.07) is 4.71. The van der Waals surface area contributed by atoms with Gasteiger partial charge in [-0.3, -0.25) is 10.1 Å². The third kappa shape index (κ3) is 2.50. The van der Waals surface area contributed by atoms with E-state index in [2.05, 4.69) is 4.98 Å². The second kappa shape index (κ2) is 5.41. The van der Waals surface area contributed by atoms with E-state index in [1.807, 2.05) is 0 Å². The van der Waals surface area contributed by atoms with Crippen LogP contribution < -0.4 is 0 Å². The normalized spacial score (nSPS) is 17.4. The van der Waals surface area contributed by atoms with Crippen LogP contribution in [-0.4, -0.2) is 40.7 Å². The summed E-state index contributed by atoms with van der Waals surface area (Å²) in [6.07, 6.45) is 1.92. The van der Waals surface area contributed by atoms with Crippen molar-refractivity contribution in [2.75, 3.05) is 14.1 Å². The van der Waals surface area contributed by atoms with E-state index in [9.17, 15) is 18.5 Å². The molecule has 1 aliphatic rings. The van der Waals surface area contributed by atoms with Crippen LogP contribution in [-0.2, 0) is 21.6 Å². The van der Waals surface area contributed by atoms with Gasteiger partial charge in [0.15, 0.2) is 0 Å². The predicted molar refractivity (Wildman–Crippen MR) is 80.0 cm³/mol. The Labute approximate surface area is 132 Å². The fourth-order valence-electron chi connectivity index (χ4n) is 2.44. The Balaban J connectivity index is 2.00. The Morgan fingerprint density at radius 3 is 2.83 bits per heavy atom. The number of hydrogen-bond donors (Lipinski definition) is 0. The lowest BCUT2D eigenvalue weighted by atomic mass is 10.0. The average molecular weight is 338 g/mol. The molecule has 0 radical (unpaired) electrons. The molecule has 0 saturated heterocycles. The Bertz CT molecular complexity index is 874. The maximum Gasteiger partial charge on any atom is 0.308 e. The second-order valence-corrected chi connectivity index (χ2v) is 7.26. The molecule has 0 amide bonds. The number of ether oxygens (including phenoxy) is 1. The maximum atomic E-state index is 12.1. The van der Waals surface area contributed by atoms with Gasteiger partial charge in [-0.1, -0.05) is 12.1 Å². The van der Waals surface area contributed by atoms with Gasteiger partial charge >= 0.3 is 10.2 Å². The van der Waals surface area contributed by atoms with E-state index >= 15 is 0 Å². The molecule has 9 nitrogen and oxygen atoms in total. The zero-order valence-corrected chi connectivity index (χ0v) is 13.2. The van der Waals surface area contributed by atoms with Crippen molar-refractivity contribution in [1.82, 2.24) is 13.3 Å². The zero-order valence-electron chi connectivity index (χ0n) is 12.4. The zero-order chi connectivity index (χ0) is 16.8. The number of rotatable bonds is 4. The molecular weight excluding hydrogens is 324 g/mol. The van der Waals surface area contributed by atoms with E-state index in [4.69, 9.17) is 4.74 Å². The Morgan fingerprint density at radius 2 is 2.17 bits per heavy atom. The molecule has 1 atom stereocenters. The van der Waals surface area contributed by atoms with Gasteiger partial charge in [-0.2, -0.15) is 12.7 Å². The van der Waals surface area contributed by atoms with Gasteiger partial charge in [0.25, 0.3) is 5.69 Å². The molecule has 1 unspecified atom stereocenters. The largest absolute Gasteiger partial charge is 0.362 e. The number of fused-ring (bicyclic) bond motifs is 1. The van der Waals surface area contributed by atoms with Crippen molar-refractivity contribution < 1.29 is 18.1 Å². The molecule has 0 aliphatic carbocycles. The highest BCUT2D eigenvalue weighted by Crippen LogP contribution is 2.39. The molecule has 23 heavy (non-hydrogen) atoms. The molecule has 1 aromatic heterocycles. The van der Waals surface area contributed by atoms with Gasteiger partial charge in [-0.25, -0.2) is 8.96 Å². The van der Waals surface area contributed by atoms with E-state index in [0.717, 1.165) is 8.28 Å². The lowest BCUT2D eigenvalue weighted by Crippen LogP contribution is -2.27. The first kappa shape index (κ1) is 15.6. The summed E-state index contributed by atoms with van der Waals surface area (Å²) in [4.78, 5) is 14.7. The van der Waals surface area contributed by atoms with Crippen molar-refractivity contribution in [3.8, 4) is 0 Å². The van der Waals surface area contributed by atoms with Crippen LogP contribution in [0.4, 0.5) is 5.69 Å². The smallest absolute Gasteiger partial charge is 0.308 e. The minimum atomic E-state index is -3.66. The van der Waals surface area contributed by atoms with Crippen LogP contribution in [0.3, 0.4) is 0 Å². The third-order valence-electron chi connectivity index (χ3n) is 3.64. The Kier molecular flexibility index (Phi) is 3.66. The summed E-state index contributed by atoms with van der Waals surface area (Å²) < 4.78 is 31.8. The third-order valence-corrected chi connectivity index (χ3v) is 5.29. The molecule has 1 aromatic carbocycles. The van der Waals surface area contributed by atoms with Gasteiger partial charge in [-0.05, 0) is 5.56 Å². The van der Waals surface area contributed by atoms with Crippen LogP contribution in [0.2, 0.25) is 0 Å². The van der Waals surface area contributed by atoms with E-state index in [0.29, 0.717) is 16.8 Å². The van der Waals surface area contributed by atoms with Crippen molar-refractivity contribution in [3.63, 3.8) is 0 Å². The Morgan fingerprint density at radius 1 is 1.43 bits per heavy atom. The number of benzene rings is 1. The quantitative estimate of drug-likeness (QED) is 0.609. The van der Waals surface area contributed by atoms with Crippen LogP contribution in [0.1, 0.15) is 22.9 Å². The lowest BCUT2D eigenvalue weighted by Gasteiger charge is -2.11.